The van der Waals surface area contributed by atoms with Gasteiger partial charge in [0.2, 0.25) is 11.8 Å². The van der Waals surface area contributed by atoms with Gasteiger partial charge in [0.15, 0.2) is 0 Å². The molecule has 0 spiro atoms. The maximum atomic E-state index is 13.1. The summed E-state index contributed by atoms with van der Waals surface area (Å²) in [5.41, 5.74) is 1.22. The minimum absolute atomic E-state index is 0.0574. The molecular formula is C20H20FN3O4. The van der Waals surface area contributed by atoms with Crippen molar-refractivity contribution < 1.29 is 23.9 Å². The van der Waals surface area contributed by atoms with Crippen LogP contribution in [0.3, 0.4) is 0 Å². The molecule has 1 fully saturated rings. The molecule has 0 bridgehead atoms. The van der Waals surface area contributed by atoms with Crippen molar-refractivity contribution in [1.29, 1.82) is 0 Å². The average Bonchev–Trinajstić information content (AvgIpc) is 3.03. The standard InChI is InChI=1S/C20H20FN3O4/c21-15-6-4-13(5-7-15)17(10-19(26)27)23-20(28)14-9-18(25)24(11-14)12-16-3-1-2-8-22-16/h1-8,14,17H,9-12H2,(H,23,28)(H,26,27)/t14-,17-/m1/s1. The second kappa shape index (κ2) is 8.60. The molecule has 28 heavy (non-hydrogen) atoms. The van der Waals surface area contributed by atoms with E-state index in [1.165, 1.54) is 24.3 Å². The third kappa shape index (κ3) is 4.91. The van der Waals surface area contributed by atoms with E-state index in [1.807, 2.05) is 6.07 Å². The minimum Gasteiger partial charge on any atom is -0.481 e. The highest BCUT2D eigenvalue weighted by Gasteiger charge is 2.35. The van der Waals surface area contributed by atoms with Crippen molar-refractivity contribution in [3.05, 3.63) is 65.7 Å². The molecule has 1 saturated heterocycles. The number of aromatic nitrogens is 1. The molecule has 0 aliphatic carbocycles. The number of pyridine rings is 1. The Balaban J connectivity index is 1.65. The van der Waals surface area contributed by atoms with E-state index in [-0.39, 0.29) is 25.3 Å². The van der Waals surface area contributed by atoms with Crippen molar-refractivity contribution >= 4 is 17.8 Å². The van der Waals surface area contributed by atoms with Crippen LogP contribution in [0.15, 0.2) is 48.7 Å². The van der Waals surface area contributed by atoms with Crippen LogP contribution in [0, 0.1) is 11.7 Å². The summed E-state index contributed by atoms with van der Waals surface area (Å²) in [7, 11) is 0. The van der Waals surface area contributed by atoms with Gasteiger partial charge in [-0.15, -0.1) is 0 Å². The summed E-state index contributed by atoms with van der Waals surface area (Å²) < 4.78 is 13.1. The first-order valence-corrected chi connectivity index (χ1v) is 8.87. The number of aliphatic carboxylic acids is 1. The Kier molecular flexibility index (Phi) is 5.98. The summed E-state index contributed by atoms with van der Waals surface area (Å²) in [6, 6.07) is 9.92. The summed E-state index contributed by atoms with van der Waals surface area (Å²) in [6.07, 6.45) is 1.36. The Labute approximate surface area is 161 Å². The second-order valence-corrected chi connectivity index (χ2v) is 6.71. The molecule has 2 N–H and O–H groups in total. The van der Waals surface area contributed by atoms with Gasteiger partial charge in [-0.05, 0) is 29.8 Å². The van der Waals surface area contributed by atoms with Crippen LogP contribution in [0.1, 0.15) is 30.1 Å². The highest BCUT2D eigenvalue weighted by molar-refractivity contribution is 5.89. The summed E-state index contributed by atoms with van der Waals surface area (Å²) in [5.74, 6) is -2.66. The molecule has 2 heterocycles. The van der Waals surface area contributed by atoms with E-state index in [2.05, 4.69) is 10.3 Å². The number of hydrogen-bond donors (Lipinski definition) is 2. The number of nitrogens with zero attached hydrogens (tertiary/aromatic N) is 2. The van der Waals surface area contributed by atoms with Gasteiger partial charge in [-0.2, -0.15) is 0 Å². The van der Waals surface area contributed by atoms with Crippen LogP contribution in [0.25, 0.3) is 0 Å². The first-order chi connectivity index (χ1) is 13.4. The number of rotatable bonds is 7. The van der Waals surface area contributed by atoms with Crippen LogP contribution in [-0.4, -0.2) is 39.3 Å². The van der Waals surface area contributed by atoms with Crippen molar-refractivity contribution in [2.75, 3.05) is 6.54 Å². The molecule has 1 aromatic heterocycles. The molecule has 0 unspecified atom stereocenters. The second-order valence-electron chi connectivity index (χ2n) is 6.71. The highest BCUT2D eigenvalue weighted by atomic mass is 19.1. The van der Waals surface area contributed by atoms with Gasteiger partial charge in [-0.25, -0.2) is 4.39 Å². The smallest absolute Gasteiger partial charge is 0.305 e. The number of carbonyl (C=O) groups excluding carboxylic acids is 2. The molecule has 7 nitrogen and oxygen atoms in total. The lowest BCUT2D eigenvalue weighted by Crippen LogP contribution is -2.36. The van der Waals surface area contributed by atoms with Crippen LogP contribution in [0.5, 0.6) is 0 Å². The fraction of sp³-hybridized carbons (Fsp3) is 0.300. The highest BCUT2D eigenvalue weighted by Crippen LogP contribution is 2.23. The first-order valence-electron chi connectivity index (χ1n) is 8.87. The number of nitrogens with one attached hydrogen (secondary N) is 1. The van der Waals surface area contributed by atoms with E-state index in [0.717, 1.165) is 5.69 Å². The van der Waals surface area contributed by atoms with Gasteiger partial charge in [0.25, 0.3) is 0 Å². The molecule has 1 aliphatic rings. The van der Waals surface area contributed by atoms with Crippen molar-refractivity contribution in [1.82, 2.24) is 15.2 Å². The van der Waals surface area contributed by atoms with Gasteiger partial charge in [0.05, 0.1) is 30.6 Å². The van der Waals surface area contributed by atoms with Crippen LogP contribution in [0.2, 0.25) is 0 Å². The van der Waals surface area contributed by atoms with E-state index in [9.17, 15) is 18.8 Å². The Morgan fingerprint density at radius 3 is 2.64 bits per heavy atom. The summed E-state index contributed by atoms with van der Waals surface area (Å²) in [6.45, 7) is 0.560. The first kappa shape index (κ1) is 19.5. The third-order valence-electron chi connectivity index (χ3n) is 4.63. The summed E-state index contributed by atoms with van der Waals surface area (Å²) in [4.78, 5) is 41.8. The zero-order valence-electron chi connectivity index (χ0n) is 15.0. The lowest BCUT2D eigenvalue weighted by Gasteiger charge is -2.20. The predicted octanol–water partition coefficient (Wildman–Crippen LogP) is 1.90. The maximum Gasteiger partial charge on any atom is 0.305 e. The van der Waals surface area contributed by atoms with Crippen LogP contribution >= 0.6 is 0 Å². The van der Waals surface area contributed by atoms with Crippen molar-refractivity contribution in [2.24, 2.45) is 5.92 Å². The topological polar surface area (TPSA) is 99.6 Å². The number of halogens is 1. The molecular weight excluding hydrogens is 365 g/mol. The lowest BCUT2D eigenvalue weighted by molar-refractivity contribution is -0.138. The monoisotopic (exact) mass is 385 g/mol. The Morgan fingerprint density at radius 2 is 2.00 bits per heavy atom. The molecule has 2 amide bonds. The van der Waals surface area contributed by atoms with Crippen molar-refractivity contribution in [3.8, 4) is 0 Å². The molecule has 146 valence electrons. The van der Waals surface area contributed by atoms with E-state index in [4.69, 9.17) is 5.11 Å². The molecule has 0 radical (unpaired) electrons. The number of likely N-dealkylation sites (tertiary alicyclic amines) is 1. The van der Waals surface area contributed by atoms with E-state index in [1.54, 1.807) is 23.2 Å². The quantitative estimate of drug-likeness (QED) is 0.758. The molecule has 2 aromatic rings. The number of carbonyl (C=O) groups is 3. The predicted molar refractivity (Wildman–Crippen MR) is 97.3 cm³/mol. The van der Waals surface area contributed by atoms with Gasteiger partial charge in [-0.1, -0.05) is 18.2 Å². The summed E-state index contributed by atoms with van der Waals surface area (Å²) in [5, 5.41) is 11.8. The maximum absolute atomic E-state index is 13.1. The molecule has 0 saturated carbocycles. The molecule has 8 heteroatoms. The normalized spacial score (nSPS) is 17.4. The summed E-state index contributed by atoms with van der Waals surface area (Å²) >= 11 is 0. The number of amides is 2. The largest absolute Gasteiger partial charge is 0.481 e. The zero-order chi connectivity index (χ0) is 20.1. The van der Waals surface area contributed by atoms with Gasteiger partial charge in [-0.3, -0.25) is 19.4 Å². The number of hydrogen-bond acceptors (Lipinski definition) is 4. The fourth-order valence-corrected chi connectivity index (χ4v) is 3.20. The van der Waals surface area contributed by atoms with Crippen molar-refractivity contribution in [2.45, 2.75) is 25.4 Å². The number of carboxylic acid groups (broad SMARTS) is 1. The van der Waals surface area contributed by atoms with E-state index < -0.39 is 29.7 Å². The molecule has 3 rings (SSSR count). The Morgan fingerprint density at radius 1 is 1.25 bits per heavy atom. The van der Waals surface area contributed by atoms with Crippen LogP contribution in [-0.2, 0) is 20.9 Å². The van der Waals surface area contributed by atoms with Gasteiger partial charge < -0.3 is 15.3 Å². The SMILES string of the molecule is O=C(O)C[C@@H](NC(=O)[C@@H]1CC(=O)N(Cc2ccccn2)C1)c1ccc(F)cc1. The fourth-order valence-electron chi connectivity index (χ4n) is 3.20. The Hall–Kier alpha value is -3.29. The Bertz CT molecular complexity index is 858. The van der Waals surface area contributed by atoms with Crippen LogP contribution < -0.4 is 5.32 Å². The lowest BCUT2D eigenvalue weighted by atomic mass is 10.0. The van der Waals surface area contributed by atoms with Gasteiger partial charge >= 0.3 is 5.97 Å². The molecule has 2 atom stereocenters. The minimum atomic E-state index is -1.09. The number of benzene rings is 1. The molecule has 1 aromatic carbocycles. The van der Waals surface area contributed by atoms with Gasteiger partial charge in [0.1, 0.15) is 5.82 Å². The van der Waals surface area contributed by atoms with E-state index >= 15 is 0 Å². The van der Waals surface area contributed by atoms with Crippen LogP contribution in [0.4, 0.5) is 4.39 Å². The van der Waals surface area contributed by atoms with Gasteiger partial charge in [0, 0.05) is 19.2 Å². The van der Waals surface area contributed by atoms with E-state index in [0.29, 0.717) is 12.1 Å². The zero-order valence-corrected chi connectivity index (χ0v) is 15.0. The third-order valence-corrected chi connectivity index (χ3v) is 4.63. The molecule has 1 aliphatic heterocycles. The van der Waals surface area contributed by atoms with Crippen molar-refractivity contribution in [3.63, 3.8) is 0 Å². The average molecular weight is 385 g/mol. The number of carboxylic acids is 1.